The first kappa shape index (κ1) is 11.2. The number of hydrogen-bond acceptors (Lipinski definition) is 3. The summed E-state index contributed by atoms with van der Waals surface area (Å²) in [7, 11) is 0. The predicted octanol–water partition coefficient (Wildman–Crippen LogP) is 2.05. The van der Waals surface area contributed by atoms with Crippen LogP contribution in [-0.4, -0.2) is 15.8 Å². The highest BCUT2D eigenvalue weighted by molar-refractivity contribution is 6.32. The van der Waals surface area contributed by atoms with Gasteiger partial charge in [0.2, 0.25) is 0 Å². The summed E-state index contributed by atoms with van der Waals surface area (Å²) in [6.45, 7) is 3.94. The second-order valence-corrected chi connectivity index (χ2v) is 4.30. The van der Waals surface area contributed by atoms with Gasteiger partial charge in [0, 0.05) is 6.04 Å². The van der Waals surface area contributed by atoms with Crippen LogP contribution in [0.4, 0.5) is 5.69 Å². The Morgan fingerprint density at radius 2 is 2.44 bits per heavy atom. The minimum atomic E-state index is -0.272. The van der Waals surface area contributed by atoms with E-state index in [1.54, 1.807) is 12.3 Å². The first-order chi connectivity index (χ1) is 7.72. The van der Waals surface area contributed by atoms with E-state index in [1.165, 1.54) is 11.1 Å². The molecule has 1 aliphatic rings. The van der Waals surface area contributed by atoms with E-state index in [9.17, 15) is 4.79 Å². The molecule has 1 aromatic rings. The molecule has 1 aliphatic carbocycles. The van der Waals surface area contributed by atoms with Gasteiger partial charge in [0.05, 0.1) is 18.4 Å². The third-order valence-corrected chi connectivity index (χ3v) is 3.12. The van der Waals surface area contributed by atoms with Crippen molar-refractivity contribution in [1.82, 2.24) is 9.78 Å². The molecule has 5 heteroatoms. The highest BCUT2D eigenvalue weighted by Gasteiger charge is 2.19. The van der Waals surface area contributed by atoms with Crippen LogP contribution in [0.2, 0.25) is 5.02 Å². The summed E-state index contributed by atoms with van der Waals surface area (Å²) in [4.78, 5) is 11.7. The van der Waals surface area contributed by atoms with E-state index in [-0.39, 0.29) is 10.6 Å². The summed E-state index contributed by atoms with van der Waals surface area (Å²) < 4.78 is 1.29. The monoisotopic (exact) mass is 239 g/mol. The van der Waals surface area contributed by atoms with Crippen LogP contribution in [0.3, 0.4) is 0 Å². The highest BCUT2D eigenvalue weighted by atomic mass is 35.5. The van der Waals surface area contributed by atoms with Gasteiger partial charge in [0.25, 0.3) is 5.56 Å². The van der Waals surface area contributed by atoms with Crippen LogP contribution in [0.1, 0.15) is 19.3 Å². The Kier molecular flexibility index (Phi) is 3.29. The average molecular weight is 240 g/mol. The van der Waals surface area contributed by atoms with Crippen molar-refractivity contribution in [1.29, 1.82) is 0 Å². The van der Waals surface area contributed by atoms with Crippen molar-refractivity contribution in [2.75, 3.05) is 5.32 Å². The molecule has 0 atom stereocenters. The fourth-order valence-electron chi connectivity index (χ4n) is 1.59. The molecule has 86 valence electrons. The normalized spacial score (nSPS) is 15.6. The zero-order valence-corrected chi connectivity index (χ0v) is 9.70. The molecule has 2 rings (SSSR count). The summed E-state index contributed by atoms with van der Waals surface area (Å²) in [6.07, 6.45) is 6.71. The lowest BCUT2D eigenvalue weighted by atomic mass is 9.93. The number of allylic oxidation sites excluding steroid dienone is 1. The van der Waals surface area contributed by atoms with E-state index in [0.29, 0.717) is 18.3 Å². The Morgan fingerprint density at radius 1 is 1.69 bits per heavy atom. The quantitative estimate of drug-likeness (QED) is 0.818. The standard InChI is InChI=1S/C11H14ClN3O/c1-2-6-15-11(16)10(12)9(7-13-15)14-8-4-3-5-8/h2,7-8,14H,1,3-6H2. The maximum atomic E-state index is 11.7. The lowest BCUT2D eigenvalue weighted by molar-refractivity contribution is 0.445. The Morgan fingerprint density at radius 3 is 3.00 bits per heavy atom. The van der Waals surface area contributed by atoms with Gasteiger partial charge in [-0.3, -0.25) is 4.79 Å². The molecule has 0 spiro atoms. The molecule has 0 radical (unpaired) electrons. The lowest BCUT2D eigenvalue weighted by Crippen LogP contribution is -2.30. The van der Waals surface area contributed by atoms with Gasteiger partial charge in [-0.05, 0) is 19.3 Å². The van der Waals surface area contributed by atoms with Crippen molar-refractivity contribution in [3.8, 4) is 0 Å². The molecule has 1 aromatic heterocycles. The number of anilines is 1. The summed E-state index contributed by atoms with van der Waals surface area (Å²) >= 11 is 5.99. The molecule has 0 bridgehead atoms. The molecule has 1 saturated carbocycles. The molecule has 1 heterocycles. The summed E-state index contributed by atoms with van der Waals surface area (Å²) in [6, 6.07) is 0.439. The first-order valence-electron chi connectivity index (χ1n) is 5.35. The zero-order valence-electron chi connectivity index (χ0n) is 8.95. The molecule has 0 aromatic carbocycles. The van der Waals surface area contributed by atoms with Crippen LogP contribution in [-0.2, 0) is 6.54 Å². The minimum absolute atomic E-state index is 0.212. The number of rotatable bonds is 4. The Balaban J connectivity index is 2.23. The van der Waals surface area contributed by atoms with Crippen LogP contribution in [0.25, 0.3) is 0 Å². The van der Waals surface area contributed by atoms with Crippen LogP contribution in [0, 0.1) is 0 Å². The fourth-order valence-corrected chi connectivity index (χ4v) is 1.79. The van der Waals surface area contributed by atoms with Gasteiger partial charge in [-0.2, -0.15) is 5.10 Å². The summed E-state index contributed by atoms with van der Waals surface area (Å²) in [5, 5.41) is 7.46. The van der Waals surface area contributed by atoms with E-state index in [0.717, 1.165) is 12.8 Å². The first-order valence-corrected chi connectivity index (χ1v) is 5.73. The van der Waals surface area contributed by atoms with Crippen molar-refractivity contribution in [3.05, 3.63) is 34.2 Å². The Labute approximate surface area is 98.9 Å². The van der Waals surface area contributed by atoms with Gasteiger partial charge < -0.3 is 5.32 Å². The Bertz CT molecular complexity index is 451. The maximum Gasteiger partial charge on any atom is 0.287 e. The summed E-state index contributed by atoms with van der Waals surface area (Å²) in [5.41, 5.74) is 0.363. The third kappa shape index (κ3) is 2.11. The number of hydrogen-bond donors (Lipinski definition) is 1. The van der Waals surface area contributed by atoms with Crippen LogP contribution < -0.4 is 10.9 Å². The van der Waals surface area contributed by atoms with Gasteiger partial charge >= 0.3 is 0 Å². The zero-order chi connectivity index (χ0) is 11.5. The highest BCUT2D eigenvalue weighted by Crippen LogP contribution is 2.25. The fraction of sp³-hybridized carbons (Fsp3) is 0.455. The van der Waals surface area contributed by atoms with Gasteiger partial charge in [-0.1, -0.05) is 17.7 Å². The van der Waals surface area contributed by atoms with E-state index < -0.39 is 0 Å². The van der Waals surface area contributed by atoms with Crippen LogP contribution in [0.5, 0.6) is 0 Å². The predicted molar refractivity (Wildman–Crippen MR) is 65.0 cm³/mol. The topological polar surface area (TPSA) is 46.9 Å². The van der Waals surface area contributed by atoms with Crippen LogP contribution in [0.15, 0.2) is 23.6 Å². The number of nitrogens with zero attached hydrogens (tertiary/aromatic N) is 2. The SMILES string of the molecule is C=CCn1ncc(NC2CCC2)c(Cl)c1=O. The van der Waals surface area contributed by atoms with E-state index in [1.807, 2.05) is 0 Å². The number of aromatic nitrogens is 2. The molecule has 1 N–H and O–H groups in total. The van der Waals surface area contributed by atoms with Crippen molar-refractivity contribution >= 4 is 17.3 Å². The second-order valence-electron chi connectivity index (χ2n) is 3.92. The molecular weight excluding hydrogens is 226 g/mol. The minimum Gasteiger partial charge on any atom is -0.380 e. The third-order valence-electron chi connectivity index (χ3n) is 2.75. The largest absolute Gasteiger partial charge is 0.380 e. The summed E-state index contributed by atoms with van der Waals surface area (Å²) in [5.74, 6) is 0. The number of halogens is 1. The average Bonchev–Trinajstić information content (AvgIpc) is 2.21. The van der Waals surface area contributed by atoms with Crippen molar-refractivity contribution in [2.24, 2.45) is 0 Å². The van der Waals surface area contributed by atoms with E-state index in [4.69, 9.17) is 11.6 Å². The molecule has 1 fully saturated rings. The molecule has 16 heavy (non-hydrogen) atoms. The van der Waals surface area contributed by atoms with Crippen molar-refractivity contribution in [2.45, 2.75) is 31.8 Å². The van der Waals surface area contributed by atoms with Crippen molar-refractivity contribution < 1.29 is 0 Å². The lowest BCUT2D eigenvalue weighted by Gasteiger charge is -2.27. The van der Waals surface area contributed by atoms with Gasteiger partial charge in [0.1, 0.15) is 5.02 Å². The maximum absolute atomic E-state index is 11.7. The van der Waals surface area contributed by atoms with Gasteiger partial charge in [-0.25, -0.2) is 4.68 Å². The van der Waals surface area contributed by atoms with Crippen LogP contribution >= 0.6 is 11.6 Å². The molecule has 0 aliphatic heterocycles. The molecule has 0 amide bonds. The number of nitrogens with one attached hydrogen (secondary N) is 1. The Hall–Kier alpha value is -1.29. The van der Waals surface area contributed by atoms with Gasteiger partial charge in [0.15, 0.2) is 0 Å². The molecule has 0 unspecified atom stereocenters. The second kappa shape index (κ2) is 4.70. The molecule has 0 saturated heterocycles. The smallest absolute Gasteiger partial charge is 0.287 e. The van der Waals surface area contributed by atoms with Gasteiger partial charge in [-0.15, -0.1) is 6.58 Å². The molecular formula is C11H14ClN3O. The van der Waals surface area contributed by atoms with E-state index in [2.05, 4.69) is 17.0 Å². The van der Waals surface area contributed by atoms with Crippen molar-refractivity contribution in [3.63, 3.8) is 0 Å². The van der Waals surface area contributed by atoms with E-state index >= 15 is 0 Å². The molecule has 4 nitrogen and oxygen atoms in total.